The minimum absolute atomic E-state index is 0.0579. The molecule has 0 radical (unpaired) electrons. The number of nitrogens with zero attached hydrogens (tertiary/aromatic N) is 1. The van der Waals surface area contributed by atoms with Crippen LogP contribution in [0.15, 0.2) is 47.4 Å². The Labute approximate surface area is 139 Å². The number of carbonyl (C=O) groups is 1. The number of sulfone groups is 1. The number of halogens is 1. The van der Waals surface area contributed by atoms with Gasteiger partial charge in [-0.05, 0) is 18.2 Å². The molecule has 126 valence electrons. The SMILES string of the molecule is CN(C(=O)C1Cc2cccc(F)c2O1)c1ccccc1S(C)(=O)=O. The number of ether oxygens (including phenoxy) is 1. The van der Waals surface area contributed by atoms with E-state index in [0.717, 1.165) is 6.26 Å². The summed E-state index contributed by atoms with van der Waals surface area (Å²) in [4.78, 5) is 14.0. The number of hydrogen-bond acceptors (Lipinski definition) is 4. The quantitative estimate of drug-likeness (QED) is 0.852. The van der Waals surface area contributed by atoms with Gasteiger partial charge < -0.3 is 9.64 Å². The summed E-state index contributed by atoms with van der Waals surface area (Å²) in [6.45, 7) is 0. The van der Waals surface area contributed by atoms with Gasteiger partial charge in [-0.15, -0.1) is 0 Å². The molecular formula is C17H16FNO4S. The van der Waals surface area contributed by atoms with E-state index in [-0.39, 0.29) is 22.8 Å². The van der Waals surface area contributed by atoms with Gasteiger partial charge in [0.05, 0.1) is 10.6 Å². The van der Waals surface area contributed by atoms with Crippen molar-refractivity contribution in [2.45, 2.75) is 17.4 Å². The highest BCUT2D eigenvalue weighted by Crippen LogP contribution is 2.33. The highest BCUT2D eigenvalue weighted by molar-refractivity contribution is 7.90. The van der Waals surface area contributed by atoms with Crippen LogP contribution in [0, 0.1) is 5.82 Å². The number of anilines is 1. The fourth-order valence-electron chi connectivity index (χ4n) is 2.75. The van der Waals surface area contributed by atoms with Gasteiger partial charge in [-0.25, -0.2) is 12.8 Å². The molecule has 1 unspecified atom stereocenters. The van der Waals surface area contributed by atoms with E-state index in [1.54, 1.807) is 30.3 Å². The predicted octanol–water partition coefficient (Wildman–Crippen LogP) is 2.20. The zero-order valence-corrected chi connectivity index (χ0v) is 14.0. The number of hydrogen-bond donors (Lipinski definition) is 0. The molecule has 5 nitrogen and oxygen atoms in total. The van der Waals surface area contributed by atoms with E-state index in [9.17, 15) is 17.6 Å². The smallest absolute Gasteiger partial charge is 0.268 e. The first kappa shape index (κ1) is 16.4. The lowest BCUT2D eigenvalue weighted by molar-refractivity contribution is -0.124. The largest absolute Gasteiger partial charge is 0.477 e. The maximum absolute atomic E-state index is 13.7. The molecule has 0 saturated carbocycles. The third-order valence-electron chi connectivity index (χ3n) is 3.95. The molecule has 0 aliphatic carbocycles. The van der Waals surface area contributed by atoms with Crippen LogP contribution in [0.4, 0.5) is 10.1 Å². The van der Waals surface area contributed by atoms with E-state index in [4.69, 9.17) is 4.74 Å². The highest BCUT2D eigenvalue weighted by Gasteiger charge is 2.34. The van der Waals surface area contributed by atoms with Crippen LogP contribution in [-0.2, 0) is 21.1 Å². The van der Waals surface area contributed by atoms with Crippen molar-refractivity contribution in [3.63, 3.8) is 0 Å². The fraction of sp³-hybridized carbons (Fsp3) is 0.235. The van der Waals surface area contributed by atoms with E-state index >= 15 is 0 Å². The zero-order valence-electron chi connectivity index (χ0n) is 13.2. The van der Waals surface area contributed by atoms with Crippen LogP contribution < -0.4 is 9.64 Å². The second-order valence-electron chi connectivity index (χ2n) is 5.68. The van der Waals surface area contributed by atoms with E-state index in [1.807, 2.05) is 0 Å². The predicted molar refractivity (Wildman–Crippen MR) is 87.5 cm³/mol. The number of rotatable bonds is 3. The molecule has 7 heteroatoms. The first-order valence-electron chi connectivity index (χ1n) is 7.29. The number of likely N-dealkylation sites (N-methyl/N-ethyl adjacent to an activating group) is 1. The Morgan fingerprint density at radius 2 is 1.92 bits per heavy atom. The molecule has 1 amide bonds. The molecule has 2 aromatic rings. The summed E-state index contributed by atoms with van der Waals surface area (Å²) in [5.41, 5.74) is 0.892. The standard InChI is InChI=1S/C17H16FNO4S/c1-19(13-8-3-4-9-15(13)24(2,21)22)17(20)14-10-11-6-5-7-12(18)16(11)23-14/h3-9,14H,10H2,1-2H3. The van der Waals surface area contributed by atoms with Crippen LogP contribution in [0.3, 0.4) is 0 Å². The van der Waals surface area contributed by atoms with E-state index < -0.39 is 27.7 Å². The Balaban J connectivity index is 1.89. The maximum Gasteiger partial charge on any atom is 0.268 e. The highest BCUT2D eigenvalue weighted by atomic mass is 32.2. The van der Waals surface area contributed by atoms with Crippen LogP contribution in [0.2, 0.25) is 0 Å². The second kappa shape index (κ2) is 5.90. The van der Waals surface area contributed by atoms with Crippen LogP contribution in [0.25, 0.3) is 0 Å². The third-order valence-corrected chi connectivity index (χ3v) is 5.09. The number of benzene rings is 2. The van der Waals surface area contributed by atoms with Crippen molar-refractivity contribution in [1.82, 2.24) is 0 Å². The Morgan fingerprint density at radius 3 is 2.58 bits per heavy atom. The topological polar surface area (TPSA) is 63.7 Å². The molecule has 1 aliphatic heterocycles. The lowest BCUT2D eigenvalue weighted by Crippen LogP contribution is -2.39. The van der Waals surface area contributed by atoms with Gasteiger partial charge in [-0.1, -0.05) is 24.3 Å². The third kappa shape index (κ3) is 2.87. The first-order valence-corrected chi connectivity index (χ1v) is 9.19. The lowest BCUT2D eigenvalue weighted by atomic mass is 10.1. The van der Waals surface area contributed by atoms with Crippen molar-refractivity contribution in [2.75, 3.05) is 18.2 Å². The van der Waals surface area contributed by atoms with Crippen LogP contribution in [0.1, 0.15) is 5.56 Å². The van der Waals surface area contributed by atoms with Crippen molar-refractivity contribution in [2.24, 2.45) is 0 Å². The fourth-order valence-corrected chi connectivity index (χ4v) is 3.66. The molecule has 2 aromatic carbocycles. The zero-order chi connectivity index (χ0) is 17.5. The van der Waals surface area contributed by atoms with Crippen molar-refractivity contribution in [3.05, 3.63) is 53.8 Å². The summed E-state index contributed by atoms with van der Waals surface area (Å²) in [6.07, 6.45) is 0.452. The monoisotopic (exact) mass is 349 g/mol. The first-order chi connectivity index (χ1) is 11.3. The molecule has 3 rings (SSSR count). The minimum Gasteiger partial charge on any atom is -0.477 e. The normalized spacial score (nSPS) is 16.4. The lowest BCUT2D eigenvalue weighted by Gasteiger charge is -2.22. The van der Waals surface area contributed by atoms with Gasteiger partial charge >= 0.3 is 0 Å². The van der Waals surface area contributed by atoms with Gasteiger partial charge in [0.15, 0.2) is 27.5 Å². The summed E-state index contributed by atoms with van der Waals surface area (Å²) in [6, 6.07) is 10.8. The molecule has 0 N–H and O–H groups in total. The molecular weight excluding hydrogens is 333 g/mol. The average molecular weight is 349 g/mol. The van der Waals surface area contributed by atoms with Gasteiger partial charge in [-0.3, -0.25) is 4.79 Å². The summed E-state index contributed by atoms with van der Waals surface area (Å²) in [5, 5.41) is 0. The summed E-state index contributed by atoms with van der Waals surface area (Å²) >= 11 is 0. The molecule has 1 aliphatic rings. The van der Waals surface area contributed by atoms with Crippen LogP contribution in [0.5, 0.6) is 5.75 Å². The number of carbonyl (C=O) groups excluding carboxylic acids is 1. The van der Waals surface area contributed by atoms with E-state index in [0.29, 0.717) is 5.56 Å². The van der Waals surface area contributed by atoms with Gasteiger partial charge in [-0.2, -0.15) is 0 Å². The van der Waals surface area contributed by atoms with E-state index in [2.05, 4.69) is 0 Å². The number of para-hydroxylation sites is 2. The van der Waals surface area contributed by atoms with Gasteiger partial charge in [0.1, 0.15) is 0 Å². The summed E-state index contributed by atoms with van der Waals surface area (Å²) in [5.74, 6) is -0.857. The van der Waals surface area contributed by atoms with Crippen molar-refractivity contribution < 1.29 is 22.3 Å². The Morgan fingerprint density at radius 1 is 1.21 bits per heavy atom. The molecule has 0 fully saturated rings. The summed E-state index contributed by atoms with van der Waals surface area (Å²) < 4.78 is 43.0. The van der Waals surface area contributed by atoms with Crippen LogP contribution in [-0.4, -0.2) is 33.7 Å². The minimum atomic E-state index is -3.49. The number of fused-ring (bicyclic) bond motifs is 1. The van der Waals surface area contributed by atoms with E-state index in [1.165, 1.54) is 24.1 Å². The summed E-state index contributed by atoms with van der Waals surface area (Å²) in [7, 11) is -2.01. The average Bonchev–Trinajstić information content (AvgIpc) is 2.98. The van der Waals surface area contributed by atoms with Crippen LogP contribution >= 0.6 is 0 Å². The number of amides is 1. The molecule has 1 atom stereocenters. The molecule has 0 bridgehead atoms. The Bertz CT molecular complexity index is 911. The van der Waals surface area contributed by atoms with Crippen molar-refractivity contribution >= 4 is 21.4 Å². The van der Waals surface area contributed by atoms with Crippen molar-refractivity contribution in [1.29, 1.82) is 0 Å². The second-order valence-corrected chi connectivity index (χ2v) is 7.66. The van der Waals surface area contributed by atoms with Crippen molar-refractivity contribution in [3.8, 4) is 5.75 Å². The van der Waals surface area contributed by atoms with Gasteiger partial charge in [0.2, 0.25) is 0 Å². The van der Waals surface area contributed by atoms with Gasteiger partial charge in [0.25, 0.3) is 5.91 Å². The Kier molecular flexibility index (Phi) is 4.04. The molecule has 0 saturated heterocycles. The Hall–Kier alpha value is -2.41. The molecule has 0 spiro atoms. The molecule has 0 aromatic heterocycles. The molecule has 1 heterocycles. The van der Waals surface area contributed by atoms with Gasteiger partial charge in [0, 0.05) is 25.3 Å². The maximum atomic E-state index is 13.7. The molecule has 24 heavy (non-hydrogen) atoms.